The van der Waals surface area contributed by atoms with Crippen molar-refractivity contribution >= 4 is 22.9 Å². The number of nitrogen functional groups attached to an aromatic ring is 2. The molecule has 0 bridgehead atoms. The highest BCUT2D eigenvalue weighted by molar-refractivity contribution is 5.88. The maximum Gasteiger partial charge on any atom is 0.233 e. The van der Waals surface area contributed by atoms with Gasteiger partial charge in [0, 0.05) is 5.56 Å². The average molecular weight is 298 g/mol. The molecule has 1 unspecified atom stereocenters. The van der Waals surface area contributed by atoms with E-state index in [-0.39, 0.29) is 11.9 Å². The number of ether oxygens (including phenoxy) is 1. The molecule has 3 aromatic rings. The number of anilines is 2. The Balaban J connectivity index is 1.96. The normalized spacial score (nSPS) is 12.5. The Morgan fingerprint density at radius 1 is 1.23 bits per heavy atom. The largest absolute Gasteiger partial charge is 0.496 e. The first-order chi connectivity index (χ1) is 10.6. The van der Waals surface area contributed by atoms with E-state index in [1.807, 2.05) is 18.2 Å². The third kappa shape index (κ3) is 2.43. The molecular formula is C16H18N4O2. The molecule has 2 aromatic heterocycles. The van der Waals surface area contributed by atoms with Crippen molar-refractivity contribution in [3.63, 3.8) is 0 Å². The van der Waals surface area contributed by atoms with Gasteiger partial charge in [-0.05, 0) is 24.0 Å². The third-order valence-electron chi connectivity index (χ3n) is 3.75. The summed E-state index contributed by atoms with van der Waals surface area (Å²) in [7, 11) is 1.67. The maximum absolute atomic E-state index is 5.96. The smallest absolute Gasteiger partial charge is 0.233 e. The molecule has 0 aliphatic carbocycles. The van der Waals surface area contributed by atoms with Crippen molar-refractivity contribution in [1.29, 1.82) is 0 Å². The number of para-hydroxylation sites is 1. The van der Waals surface area contributed by atoms with Crippen molar-refractivity contribution in [2.75, 3.05) is 18.6 Å². The number of methoxy groups -OCH3 is 1. The Kier molecular flexibility index (Phi) is 3.58. The number of hydrogen-bond donors (Lipinski definition) is 2. The first-order valence-corrected chi connectivity index (χ1v) is 7.02. The van der Waals surface area contributed by atoms with Crippen LogP contribution in [0, 0.1) is 0 Å². The maximum atomic E-state index is 5.96. The summed E-state index contributed by atoms with van der Waals surface area (Å²) in [5.74, 6) is 1.56. The average Bonchev–Trinajstić information content (AvgIpc) is 2.90. The molecule has 1 aromatic carbocycles. The summed E-state index contributed by atoms with van der Waals surface area (Å²) < 4.78 is 10.9. The van der Waals surface area contributed by atoms with E-state index in [1.54, 1.807) is 13.4 Å². The van der Waals surface area contributed by atoms with E-state index in [4.69, 9.17) is 20.6 Å². The predicted octanol–water partition coefficient (Wildman–Crippen LogP) is 2.74. The minimum atomic E-state index is 0.115. The molecule has 0 amide bonds. The first kappa shape index (κ1) is 14.2. The molecule has 6 heteroatoms. The Morgan fingerprint density at radius 3 is 2.77 bits per heavy atom. The zero-order chi connectivity index (χ0) is 15.7. The van der Waals surface area contributed by atoms with Crippen LogP contribution in [0.5, 0.6) is 5.75 Å². The van der Waals surface area contributed by atoms with E-state index >= 15 is 0 Å². The first-order valence-electron chi connectivity index (χ1n) is 7.02. The molecule has 6 nitrogen and oxygen atoms in total. The van der Waals surface area contributed by atoms with Gasteiger partial charge in [-0.1, -0.05) is 25.1 Å². The zero-order valence-corrected chi connectivity index (χ0v) is 12.5. The Hall–Kier alpha value is -2.76. The van der Waals surface area contributed by atoms with Gasteiger partial charge in [0.1, 0.15) is 11.6 Å². The zero-order valence-electron chi connectivity index (χ0n) is 12.5. The van der Waals surface area contributed by atoms with Gasteiger partial charge in [0.15, 0.2) is 0 Å². The number of furan rings is 1. The summed E-state index contributed by atoms with van der Waals surface area (Å²) >= 11 is 0. The van der Waals surface area contributed by atoms with Crippen LogP contribution in [0.2, 0.25) is 0 Å². The van der Waals surface area contributed by atoms with Gasteiger partial charge in [0.05, 0.1) is 18.8 Å². The molecule has 22 heavy (non-hydrogen) atoms. The predicted molar refractivity (Wildman–Crippen MR) is 85.7 cm³/mol. The fraction of sp³-hybridized carbons (Fsp3) is 0.250. The Bertz CT molecular complexity index is 813. The highest BCUT2D eigenvalue weighted by Crippen LogP contribution is 2.32. The van der Waals surface area contributed by atoms with E-state index in [0.717, 1.165) is 28.7 Å². The Morgan fingerprint density at radius 2 is 2.00 bits per heavy atom. The fourth-order valence-electron chi connectivity index (χ4n) is 2.71. The monoisotopic (exact) mass is 298 g/mol. The molecular weight excluding hydrogens is 280 g/mol. The molecule has 4 N–H and O–H groups in total. The van der Waals surface area contributed by atoms with Crippen molar-refractivity contribution in [2.45, 2.75) is 19.3 Å². The van der Waals surface area contributed by atoms with Crippen LogP contribution in [0.15, 0.2) is 34.9 Å². The lowest BCUT2D eigenvalue weighted by atomic mass is 9.93. The Labute approximate surface area is 128 Å². The summed E-state index contributed by atoms with van der Waals surface area (Å²) in [6.45, 7) is 2.13. The van der Waals surface area contributed by atoms with Crippen LogP contribution in [0.1, 0.15) is 24.0 Å². The number of aromatic nitrogens is 2. The second-order valence-electron chi connectivity index (χ2n) is 5.26. The van der Waals surface area contributed by atoms with Crippen molar-refractivity contribution in [1.82, 2.24) is 9.97 Å². The third-order valence-corrected chi connectivity index (χ3v) is 3.75. The summed E-state index contributed by atoms with van der Waals surface area (Å²) in [5, 5.41) is 0.732. The van der Waals surface area contributed by atoms with Crippen molar-refractivity contribution in [2.24, 2.45) is 0 Å². The van der Waals surface area contributed by atoms with Gasteiger partial charge in [-0.3, -0.25) is 0 Å². The second-order valence-corrected chi connectivity index (χ2v) is 5.26. The van der Waals surface area contributed by atoms with Gasteiger partial charge < -0.3 is 20.6 Å². The summed E-state index contributed by atoms with van der Waals surface area (Å²) in [6.07, 6.45) is 2.41. The van der Waals surface area contributed by atoms with E-state index < -0.39 is 0 Å². The number of hydrogen-bond acceptors (Lipinski definition) is 6. The van der Waals surface area contributed by atoms with Crippen LogP contribution in [0.25, 0.3) is 11.1 Å². The number of benzene rings is 1. The quantitative estimate of drug-likeness (QED) is 0.768. The van der Waals surface area contributed by atoms with Crippen LogP contribution < -0.4 is 16.2 Å². The van der Waals surface area contributed by atoms with E-state index in [2.05, 4.69) is 23.0 Å². The molecule has 0 aliphatic heterocycles. The lowest BCUT2D eigenvalue weighted by Gasteiger charge is -2.15. The van der Waals surface area contributed by atoms with Crippen LogP contribution in [0.4, 0.5) is 11.8 Å². The lowest BCUT2D eigenvalue weighted by Crippen LogP contribution is -2.03. The van der Waals surface area contributed by atoms with Gasteiger partial charge in [0.2, 0.25) is 11.7 Å². The highest BCUT2D eigenvalue weighted by atomic mass is 16.5. The van der Waals surface area contributed by atoms with Gasteiger partial charge in [-0.25, -0.2) is 0 Å². The number of rotatable bonds is 4. The minimum absolute atomic E-state index is 0.115. The summed E-state index contributed by atoms with van der Waals surface area (Å²) in [4.78, 5) is 8.07. The van der Waals surface area contributed by atoms with E-state index in [1.165, 1.54) is 0 Å². The SMILES string of the molecule is COc1ccccc1C(C)Cc1coc2nc(N)nc(N)c12. The number of fused-ring (bicyclic) bond motifs is 1. The van der Waals surface area contributed by atoms with Crippen LogP contribution in [-0.2, 0) is 6.42 Å². The lowest BCUT2D eigenvalue weighted by molar-refractivity contribution is 0.406. The number of nitrogens with zero attached hydrogens (tertiary/aromatic N) is 2. The second kappa shape index (κ2) is 5.55. The molecule has 2 heterocycles. The van der Waals surface area contributed by atoms with Crippen molar-refractivity contribution in [3.05, 3.63) is 41.7 Å². The van der Waals surface area contributed by atoms with Crippen LogP contribution in [0.3, 0.4) is 0 Å². The fourth-order valence-corrected chi connectivity index (χ4v) is 2.71. The molecule has 0 aliphatic rings. The minimum Gasteiger partial charge on any atom is -0.496 e. The van der Waals surface area contributed by atoms with Crippen molar-refractivity contribution in [3.8, 4) is 5.75 Å². The molecule has 0 saturated carbocycles. The number of nitrogens with two attached hydrogens (primary N) is 2. The molecule has 3 rings (SSSR count). The van der Waals surface area contributed by atoms with E-state index in [0.29, 0.717) is 11.5 Å². The van der Waals surface area contributed by atoms with Crippen LogP contribution in [-0.4, -0.2) is 17.1 Å². The highest BCUT2D eigenvalue weighted by Gasteiger charge is 2.17. The van der Waals surface area contributed by atoms with Gasteiger partial charge in [0.25, 0.3) is 0 Å². The standard InChI is InChI=1S/C16H18N4O2/c1-9(11-5-3-4-6-12(11)21-2)7-10-8-22-15-13(10)14(17)19-16(18)20-15/h3-6,8-9H,7H2,1-2H3,(H4,17,18,19,20). The summed E-state index contributed by atoms with van der Waals surface area (Å²) in [6, 6.07) is 7.97. The van der Waals surface area contributed by atoms with Crippen molar-refractivity contribution < 1.29 is 9.15 Å². The molecule has 0 saturated heterocycles. The molecule has 0 radical (unpaired) electrons. The topological polar surface area (TPSA) is 100 Å². The van der Waals surface area contributed by atoms with Gasteiger partial charge in [-0.2, -0.15) is 9.97 Å². The molecule has 1 atom stereocenters. The van der Waals surface area contributed by atoms with Crippen LogP contribution >= 0.6 is 0 Å². The molecule has 0 spiro atoms. The van der Waals surface area contributed by atoms with E-state index in [9.17, 15) is 0 Å². The molecule has 114 valence electrons. The van der Waals surface area contributed by atoms with Gasteiger partial charge >= 0.3 is 0 Å². The molecule has 0 fully saturated rings. The van der Waals surface area contributed by atoms with Gasteiger partial charge in [-0.15, -0.1) is 0 Å². The summed E-state index contributed by atoms with van der Waals surface area (Å²) in [5.41, 5.74) is 14.1.